The van der Waals surface area contributed by atoms with E-state index in [0.29, 0.717) is 18.9 Å². The third-order valence-electron chi connectivity index (χ3n) is 3.50. The zero-order chi connectivity index (χ0) is 17.4. The molecule has 5 nitrogen and oxygen atoms in total. The maximum atomic E-state index is 12.0. The minimum atomic E-state index is -1.09. The summed E-state index contributed by atoms with van der Waals surface area (Å²) in [4.78, 5) is 12.0. The highest BCUT2D eigenvalue weighted by molar-refractivity contribution is 7.08. The predicted octanol–water partition coefficient (Wildman–Crippen LogP) is 3.02. The van der Waals surface area contributed by atoms with Gasteiger partial charge in [-0.2, -0.15) is 11.3 Å². The molecule has 0 fully saturated rings. The highest BCUT2D eigenvalue weighted by Gasteiger charge is 2.24. The van der Waals surface area contributed by atoms with Crippen LogP contribution in [0, 0.1) is 0 Å². The quantitative estimate of drug-likeness (QED) is 0.644. The Morgan fingerprint density at radius 2 is 2.17 bits per heavy atom. The van der Waals surface area contributed by atoms with E-state index in [2.05, 4.69) is 17.2 Å². The van der Waals surface area contributed by atoms with Crippen molar-refractivity contribution in [2.75, 3.05) is 13.2 Å². The highest BCUT2D eigenvalue weighted by atomic mass is 32.1. The largest absolute Gasteiger partial charge is 0.489 e. The molecule has 0 bridgehead atoms. The number of benzene rings is 1. The molecule has 24 heavy (non-hydrogen) atoms. The number of nitrogens with one attached hydrogen (secondary N) is 2. The van der Waals surface area contributed by atoms with Crippen LogP contribution in [0.1, 0.15) is 18.1 Å². The van der Waals surface area contributed by atoms with Gasteiger partial charge in [-0.25, -0.2) is 4.79 Å². The molecule has 0 aliphatic heterocycles. The smallest absolute Gasteiger partial charge is 0.315 e. The molecule has 6 heteroatoms. The van der Waals surface area contributed by atoms with E-state index in [-0.39, 0.29) is 12.6 Å². The van der Waals surface area contributed by atoms with Crippen molar-refractivity contribution in [2.45, 2.75) is 19.1 Å². The van der Waals surface area contributed by atoms with E-state index in [0.717, 1.165) is 11.1 Å². The summed E-state index contributed by atoms with van der Waals surface area (Å²) < 4.78 is 5.55. The lowest BCUT2D eigenvalue weighted by Gasteiger charge is -2.23. The van der Waals surface area contributed by atoms with Crippen LogP contribution < -0.4 is 15.4 Å². The lowest BCUT2D eigenvalue weighted by Crippen LogP contribution is -2.43. The SMILES string of the molecule is C=CCOc1ccccc1CNC(=O)NCC(C)(O)c1ccsc1. The van der Waals surface area contributed by atoms with Crippen molar-refractivity contribution in [1.82, 2.24) is 10.6 Å². The summed E-state index contributed by atoms with van der Waals surface area (Å²) in [6, 6.07) is 9.00. The summed E-state index contributed by atoms with van der Waals surface area (Å²) in [6.45, 7) is 6.17. The molecule has 0 saturated carbocycles. The summed E-state index contributed by atoms with van der Waals surface area (Å²) >= 11 is 1.51. The molecule has 0 radical (unpaired) electrons. The standard InChI is InChI=1S/C18H22N2O3S/c1-3-9-23-16-7-5-4-6-14(16)11-19-17(21)20-13-18(2,22)15-8-10-24-12-15/h3-8,10,12,22H,1,9,11,13H2,2H3,(H2,19,20,21). The number of ether oxygens (including phenoxy) is 1. The Morgan fingerprint density at radius 3 is 2.88 bits per heavy atom. The van der Waals surface area contributed by atoms with Gasteiger partial charge in [-0.3, -0.25) is 0 Å². The van der Waals surface area contributed by atoms with E-state index in [4.69, 9.17) is 4.74 Å². The van der Waals surface area contributed by atoms with Crippen molar-refractivity contribution in [3.8, 4) is 5.75 Å². The van der Waals surface area contributed by atoms with Gasteiger partial charge in [0, 0.05) is 12.1 Å². The number of aliphatic hydroxyl groups is 1. The second-order valence-corrected chi connectivity index (χ2v) is 6.31. The van der Waals surface area contributed by atoms with E-state index < -0.39 is 5.60 Å². The van der Waals surface area contributed by atoms with Crippen molar-refractivity contribution in [3.63, 3.8) is 0 Å². The predicted molar refractivity (Wildman–Crippen MR) is 96.3 cm³/mol. The molecule has 1 aromatic heterocycles. The van der Waals surface area contributed by atoms with Gasteiger partial charge in [0.25, 0.3) is 0 Å². The molecule has 128 valence electrons. The Morgan fingerprint density at radius 1 is 1.38 bits per heavy atom. The van der Waals surface area contributed by atoms with Gasteiger partial charge < -0.3 is 20.5 Å². The van der Waals surface area contributed by atoms with Crippen molar-refractivity contribution in [2.24, 2.45) is 0 Å². The molecule has 1 unspecified atom stereocenters. The number of rotatable bonds is 8. The van der Waals surface area contributed by atoms with Gasteiger partial charge in [-0.1, -0.05) is 30.9 Å². The third kappa shape index (κ3) is 5.11. The molecule has 0 saturated heterocycles. The number of urea groups is 1. The van der Waals surface area contributed by atoms with Crippen molar-refractivity contribution < 1.29 is 14.6 Å². The fourth-order valence-corrected chi connectivity index (χ4v) is 2.89. The first-order chi connectivity index (χ1) is 11.5. The van der Waals surface area contributed by atoms with Gasteiger partial charge in [0.1, 0.15) is 18.0 Å². The Hall–Kier alpha value is -2.31. The number of carbonyl (C=O) groups is 1. The third-order valence-corrected chi connectivity index (χ3v) is 4.19. The minimum absolute atomic E-state index is 0.129. The van der Waals surface area contributed by atoms with Gasteiger partial charge in [0.2, 0.25) is 0 Å². The second kappa shape index (κ2) is 8.52. The first kappa shape index (κ1) is 18.0. The van der Waals surface area contributed by atoms with Crippen LogP contribution in [0.5, 0.6) is 5.75 Å². The Balaban J connectivity index is 1.84. The van der Waals surface area contributed by atoms with E-state index in [1.165, 1.54) is 11.3 Å². The zero-order valence-corrected chi connectivity index (χ0v) is 14.4. The summed E-state index contributed by atoms with van der Waals surface area (Å²) in [5, 5.41) is 19.6. The fourth-order valence-electron chi connectivity index (χ4n) is 2.10. The van der Waals surface area contributed by atoms with Crippen LogP contribution in [-0.2, 0) is 12.1 Å². The molecule has 2 rings (SSSR count). The van der Waals surface area contributed by atoms with Gasteiger partial charge in [-0.05, 0) is 35.4 Å². The number of hydrogen-bond acceptors (Lipinski definition) is 4. The van der Waals surface area contributed by atoms with Gasteiger partial charge in [-0.15, -0.1) is 0 Å². The van der Waals surface area contributed by atoms with E-state index in [9.17, 15) is 9.90 Å². The number of amides is 2. The zero-order valence-electron chi connectivity index (χ0n) is 13.6. The van der Waals surface area contributed by atoms with Crippen LogP contribution in [0.25, 0.3) is 0 Å². The molecule has 2 aromatic rings. The Kier molecular flexibility index (Phi) is 6.40. The Bertz CT molecular complexity index is 669. The Labute approximate surface area is 146 Å². The minimum Gasteiger partial charge on any atom is -0.489 e. The summed E-state index contributed by atoms with van der Waals surface area (Å²) in [5.41, 5.74) is 0.567. The molecule has 1 heterocycles. The molecule has 0 spiro atoms. The normalized spacial score (nSPS) is 12.9. The van der Waals surface area contributed by atoms with Crippen LogP contribution in [0.15, 0.2) is 53.7 Å². The summed E-state index contributed by atoms with van der Waals surface area (Å²) in [5.74, 6) is 0.711. The molecule has 1 aromatic carbocycles. The topological polar surface area (TPSA) is 70.6 Å². The molecule has 3 N–H and O–H groups in total. The van der Waals surface area contributed by atoms with Crippen LogP contribution >= 0.6 is 11.3 Å². The molecule has 0 aliphatic rings. The van der Waals surface area contributed by atoms with Crippen LogP contribution in [-0.4, -0.2) is 24.3 Å². The van der Waals surface area contributed by atoms with Crippen LogP contribution in [0.4, 0.5) is 4.79 Å². The molecular weight excluding hydrogens is 324 g/mol. The number of hydrogen-bond donors (Lipinski definition) is 3. The molecule has 2 amide bonds. The molecular formula is C18H22N2O3S. The highest BCUT2D eigenvalue weighted by Crippen LogP contribution is 2.22. The first-order valence-electron chi connectivity index (χ1n) is 7.61. The maximum Gasteiger partial charge on any atom is 0.315 e. The van der Waals surface area contributed by atoms with Crippen molar-refractivity contribution in [1.29, 1.82) is 0 Å². The van der Waals surface area contributed by atoms with Gasteiger partial charge >= 0.3 is 6.03 Å². The average Bonchev–Trinajstić information content (AvgIpc) is 3.12. The maximum absolute atomic E-state index is 12.0. The summed E-state index contributed by atoms with van der Waals surface area (Å²) in [6.07, 6.45) is 1.67. The lowest BCUT2D eigenvalue weighted by atomic mass is 9.99. The summed E-state index contributed by atoms with van der Waals surface area (Å²) in [7, 11) is 0. The molecule has 1 atom stereocenters. The monoisotopic (exact) mass is 346 g/mol. The fraction of sp³-hybridized carbons (Fsp3) is 0.278. The van der Waals surface area contributed by atoms with Crippen molar-refractivity contribution in [3.05, 3.63) is 64.9 Å². The van der Waals surface area contributed by atoms with Crippen LogP contribution in [0.3, 0.4) is 0 Å². The lowest BCUT2D eigenvalue weighted by molar-refractivity contribution is 0.0598. The van der Waals surface area contributed by atoms with Crippen molar-refractivity contribution >= 4 is 17.4 Å². The second-order valence-electron chi connectivity index (χ2n) is 5.53. The van der Waals surface area contributed by atoms with Gasteiger partial charge in [0.15, 0.2) is 0 Å². The van der Waals surface area contributed by atoms with Crippen LogP contribution in [0.2, 0.25) is 0 Å². The number of para-hydroxylation sites is 1. The first-order valence-corrected chi connectivity index (χ1v) is 8.55. The van der Waals surface area contributed by atoms with Gasteiger partial charge in [0.05, 0.1) is 6.54 Å². The molecule has 0 aliphatic carbocycles. The van der Waals surface area contributed by atoms with E-state index in [1.807, 2.05) is 41.1 Å². The number of carbonyl (C=O) groups excluding carboxylic acids is 1. The number of thiophene rings is 1. The van der Waals surface area contributed by atoms with E-state index >= 15 is 0 Å². The average molecular weight is 346 g/mol. The van der Waals surface area contributed by atoms with E-state index in [1.54, 1.807) is 13.0 Å².